The molecule has 0 radical (unpaired) electrons. The van der Waals surface area contributed by atoms with Crippen LogP contribution in [-0.4, -0.2) is 12.5 Å². The maximum absolute atomic E-state index is 11.9. The number of nitrogens with one attached hydrogen (secondary N) is 2. The summed E-state index contributed by atoms with van der Waals surface area (Å²) in [6.07, 6.45) is 1.20. The molecule has 0 unspecified atom stereocenters. The lowest BCUT2D eigenvalue weighted by atomic mass is 10.1. The molecule has 0 bridgehead atoms. The van der Waals surface area contributed by atoms with E-state index in [0.29, 0.717) is 26.0 Å². The number of para-hydroxylation sites is 1. The predicted octanol–water partition coefficient (Wildman–Crippen LogP) is 3.50. The van der Waals surface area contributed by atoms with Crippen LogP contribution in [0.5, 0.6) is 5.75 Å². The monoisotopic (exact) mass is 360 g/mol. The third kappa shape index (κ3) is 5.48. The van der Waals surface area contributed by atoms with Crippen molar-refractivity contribution in [3.63, 3.8) is 0 Å². The first-order valence-electron chi connectivity index (χ1n) is 8.49. The summed E-state index contributed by atoms with van der Waals surface area (Å²) in [7, 11) is 0. The van der Waals surface area contributed by atoms with Crippen molar-refractivity contribution in [2.24, 2.45) is 0 Å². The number of hydrogen-bond donors (Lipinski definition) is 2. The smallest absolute Gasteiger partial charge is 0.220 e. The highest BCUT2D eigenvalue weighted by Crippen LogP contribution is 2.17. The third-order valence-corrected chi connectivity index (χ3v) is 4.29. The number of halogens is 1. The van der Waals surface area contributed by atoms with Crippen LogP contribution in [0.2, 0.25) is 0 Å². The number of amides is 1. The van der Waals surface area contributed by atoms with E-state index in [1.54, 1.807) is 0 Å². The van der Waals surface area contributed by atoms with Gasteiger partial charge in [-0.2, -0.15) is 0 Å². The maximum atomic E-state index is 11.9. The van der Waals surface area contributed by atoms with E-state index < -0.39 is 0 Å². The van der Waals surface area contributed by atoms with Crippen molar-refractivity contribution in [1.82, 2.24) is 10.6 Å². The lowest BCUT2D eigenvalue weighted by Gasteiger charge is -2.09. The molecular formula is C20H25ClN2O2. The Kier molecular flexibility index (Phi) is 7.29. The molecule has 0 aliphatic carbocycles. The molecule has 1 heterocycles. The van der Waals surface area contributed by atoms with Crippen LogP contribution in [-0.2, 0) is 24.4 Å². The molecule has 0 spiro atoms. The Morgan fingerprint density at radius 1 is 1.16 bits per heavy atom. The molecular weight excluding hydrogens is 336 g/mol. The third-order valence-electron chi connectivity index (χ3n) is 4.29. The minimum Gasteiger partial charge on any atom is -0.493 e. The van der Waals surface area contributed by atoms with Gasteiger partial charge in [0.1, 0.15) is 5.75 Å². The van der Waals surface area contributed by atoms with Crippen molar-refractivity contribution >= 4 is 18.3 Å². The lowest BCUT2D eigenvalue weighted by Crippen LogP contribution is -2.23. The van der Waals surface area contributed by atoms with Crippen LogP contribution < -0.4 is 15.4 Å². The van der Waals surface area contributed by atoms with Crippen molar-refractivity contribution in [1.29, 1.82) is 0 Å². The van der Waals surface area contributed by atoms with Gasteiger partial charge in [0.15, 0.2) is 0 Å². The quantitative estimate of drug-likeness (QED) is 0.743. The zero-order valence-electron chi connectivity index (χ0n) is 14.5. The lowest BCUT2D eigenvalue weighted by molar-refractivity contribution is -0.121. The van der Waals surface area contributed by atoms with Crippen molar-refractivity contribution in [3.05, 3.63) is 64.7 Å². The molecule has 2 aromatic carbocycles. The fourth-order valence-corrected chi connectivity index (χ4v) is 2.88. The minimum absolute atomic E-state index is 0. The van der Waals surface area contributed by atoms with Gasteiger partial charge in [0.25, 0.3) is 0 Å². The molecule has 2 N–H and O–H groups in total. The van der Waals surface area contributed by atoms with Crippen LogP contribution in [0.1, 0.15) is 35.1 Å². The number of ether oxygens (including phenoxy) is 1. The van der Waals surface area contributed by atoms with Crippen LogP contribution >= 0.6 is 12.4 Å². The van der Waals surface area contributed by atoms with Crippen molar-refractivity contribution < 1.29 is 9.53 Å². The van der Waals surface area contributed by atoms with Gasteiger partial charge in [0.05, 0.1) is 6.61 Å². The standard InChI is InChI=1S/C20H24N2O2.ClH/c1-15-5-2-3-6-19(15)24-10-4-7-20(23)22-12-16-8-9-17-13-21-14-18(17)11-16;/h2-3,5-6,8-9,11,21H,4,7,10,12-14H2,1H3,(H,22,23);1H. The molecule has 1 amide bonds. The highest BCUT2D eigenvalue weighted by Gasteiger charge is 2.10. The van der Waals surface area contributed by atoms with Gasteiger partial charge in [-0.1, -0.05) is 36.4 Å². The van der Waals surface area contributed by atoms with E-state index in [0.717, 1.165) is 30.0 Å². The zero-order valence-corrected chi connectivity index (χ0v) is 15.3. The predicted molar refractivity (Wildman–Crippen MR) is 102 cm³/mol. The number of rotatable bonds is 7. The van der Waals surface area contributed by atoms with Gasteiger partial charge in [-0.3, -0.25) is 4.79 Å². The van der Waals surface area contributed by atoms with Gasteiger partial charge in [-0.15, -0.1) is 12.4 Å². The Labute approximate surface area is 155 Å². The number of benzene rings is 2. The molecule has 0 saturated carbocycles. The highest BCUT2D eigenvalue weighted by molar-refractivity contribution is 5.85. The second-order valence-electron chi connectivity index (χ2n) is 6.20. The second kappa shape index (κ2) is 9.44. The number of carbonyl (C=O) groups is 1. The Morgan fingerprint density at radius 3 is 2.80 bits per heavy atom. The molecule has 0 aromatic heterocycles. The average Bonchev–Trinajstić information content (AvgIpc) is 3.06. The first-order chi connectivity index (χ1) is 11.7. The SMILES string of the molecule is Cc1ccccc1OCCCC(=O)NCc1ccc2c(c1)CNC2.Cl. The van der Waals surface area contributed by atoms with Crippen LogP contribution in [0.4, 0.5) is 0 Å². The maximum Gasteiger partial charge on any atom is 0.220 e. The van der Waals surface area contributed by atoms with E-state index in [1.165, 1.54) is 11.1 Å². The molecule has 0 saturated heterocycles. The average molecular weight is 361 g/mol. The van der Waals surface area contributed by atoms with Gasteiger partial charge in [-0.05, 0) is 41.7 Å². The molecule has 4 nitrogen and oxygen atoms in total. The molecule has 2 aromatic rings. The van der Waals surface area contributed by atoms with E-state index >= 15 is 0 Å². The van der Waals surface area contributed by atoms with Crippen LogP contribution in [0.25, 0.3) is 0 Å². The number of aryl methyl sites for hydroxylation is 1. The molecule has 0 atom stereocenters. The van der Waals surface area contributed by atoms with Gasteiger partial charge >= 0.3 is 0 Å². The van der Waals surface area contributed by atoms with E-state index in [2.05, 4.69) is 28.8 Å². The summed E-state index contributed by atoms with van der Waals surface area (Å²) in [4.78, 5) is 11.9. The molecule has 25 heavy (non-hydrogen) atoms. The van der Waals surface area contributed by atoms with Gasteiger partial charge < -0.3 is 15.4 Å². The van der Waals surface area contributed by atoms with E-state index in [9.17, 15) is 4.79 Å². The summed E-state index contributed by atoms with van der Waals surface area (Å²) in [5, 5.41) is 6.32. The summed E-state index contributed by atoms with van der Waals surface area (Å²) in [6.45, 7) is 5.04. The Bertz CT molecular complexity index is 719. The number of hydrogen-bond acceptors (Lipinski definition) is 3. The molecule has 0 fully saturated rings. The first kappa shape index (κ1) is 19.3. The summed E-state index contributed by atoms with van der Waals surface area (Å²) in [5.41, 5.74) is 4.97. The Morgan fingerprint density at radius 2 is 1.96 bits per heavy atom. The topological polar surface area (TPSA) is 50.4 Å². The fraction of sp³-hybridized carbons (Fsp3) is 0.350. The number of carbonyl (C=O) groups excluding carboxylic acids is 1. The number of fused-ring (bicyclic) bond motifs is 1. The van der Waals surface area contributed by atoms with Crippen LogP contribution in [0.15, 0.2) is 42.5 Å². The first-order valence-corrected chi connectivity index (χ1v) is 8.49. The van der Waals surface area contributed by atoms with Crippen LogP contribution in [0, 0.1) is 6.92 Å². The molecule has 134 valence electrons. The Hall–Kier alpha value is -2.04. The second-order valence-corrected chi connectivity index (χ2v) is 6.20. The van der Waals surface area contributed by atoms with Crippen molar-refractivity contribution in [3.8, 4) is 5.75 Å². The van der Waals surface area contributed by atoms with Crippen molar-refractivity contribution in [2.75, 3.05) is 6.61 Å². The van der Waals surface area contributed by atoms with E-state index in [-0.39, 0.29) is 18.3 Å². The summed E-state index contributed by atoms with van der Waals surface area (Å²) in [6, 6.07) is 14.3. The molecule has 3 rings (SSSR count). The normalized spacial score (nSPS) is 12.2. The van der Waals surface area contributed by atoms with Gasteiger partial charge in [-0.25, -0.2) is 0 Å². The molecule has 5 heteroatoms. The van der Waals surface area contributed by atoms with Gasteiger partial charge in [0, 0.05) is 26.1 Å². The van der Waals surface area contributed by atoms with Gasteiger partial charge in [0.2, 0.25) is 5.91 Å². The summed E-state index contributed by atoms with van der Waals surface area (Å²) < 4.78 is 5.71. The van der Waals surface area contributed by atoms with E-state index in [4.69, 9.17) is 4.74 Å². The van der Waals surface area contributed by atoms with E-state index in [1.807, 2.05) is 31.2 Å². The minimum atomic E-state index is 0. The molecule has 1 aliphatic rings. The largest absolute Gasteiger partial charge is 0.493 e. The summed E-state index contributed by atoms with van der Waals surface area (Å²) in [5.74, 6) is 0.965. The summed E-state index contributed by atoms with van der Waals surface area (Å²) >= 11 is 0. The van der Waals surface area contributed by atoms with Crippen molar-refractivity contribution in [2.45, 2.75) is 39.4 Å². The van der Waals surface area contributed by atoms with Crippen LogP contribution in [0.3, 0.4) is 0 Å². The Balaban J connectivity index is 0.00000225. The molecule has 1 aliphatic heterocycles. The zero-order chi connectivity index (χ0) is 16.8. The highest BCUT2D eigenvalue weighted by atomic mass is 35.5. The fourth-order valence-electron chi connectivity index (χ4n) is 2.88.